The molecule has 1 aromatic heterocycles. The molecular formula is C27H33N3O3S. The fourth-order valence-corrected chi connectivity index (χ4v) is 5.10. The van der Waals surface area contributed by atoms with E-state index in [2.05, 4.69) is 47.2 Å². The average Bonchev–Trinajstić information content (AvgIpc) is 2.84. The van der Waals surface area contributed by atoms with Gasteiger partial charge in [-0.15, -0.1) is 0 Å². The third-order valence-corrected chi connectivity index (χ3v) is 7.00. The van der Waals surface area contributed by atoms with Gasteiger partial charge in [-0.1, -0.05) is 37.0 Å². The first-order chi connectivity index (χ1) is 16.4. The van der Waals surface area contributed by atoms with Crippen LogP contribution in [0.3, 0.4) is 0 Å². The van der Waals surface area contributed by atoms with Gasteiger partial charge < -0.3 is 24.7 Å². The Morgan fingerprint density at radius 3 is 2.44 bits per heavy atom. The molecule has 3 aromatic rings. The van der Waals surface area contributed by atoms with Crippen LogP contribution in [-0.2, 0) is 6.54 Å². The van der Waals surface area contributed by atoms with Crippen molar-refractivity contribution in [3.05, 3.63) is 63.4 Å². The highest BCUT2D eigenvalue weighted by Crippen LogP contribution is 2.31. The zero-order chi connectivity index (χ0) is 24.2. The number of nitrogens with zero attached hydrogens (tertiary/aromatic N) is 1. The minimum absolute atomic E-state index is 0.116. The van der Waals surface area contributed by atoms with Crippen molar-refractivity contribution in [3.63, 3.8) is 0 Å². The largest absolute Gasteiger partial charge is 0.493 e. The van der Waals surface area contributed by atoms with E-state index in [9.17, 15) is 4.79 Å². The van der Waals surface area contributed by atoms with Gasteiger partial charge in [0.1, 0.15) is 0 Å². The van der Waals surface area contributed by atoms with Gasteiger partial charge >= 0.3 is 0 Å². The molecule has 1 heterocycles. The van der Waals surface area contributed by atoms with E-state index in [0.717, 1.165) is 29.5 Å². The number of thiocarbonyl (C=S) groups is 1. The first-order valence-corrected chi connectivity index (χ1v) is 12.2. The molecule has 1 aliphatic rings. The fraction of sp³-hybridized carbons (Fsp3) is 0.407. The Labute approximate surface area is 206 Å². The van der Waals surface area contributed by atoms with E-state index in [4.69, 9.17) is 21.7 Å². The van der Waals surface area contributed by atoms with E-state index >= 15 is 0 Å². The van der Waals surface area contributed by atoms with Gasteiger partial charge in [0.2, 0.25) is 0 Å². The molecule has 0 unspecified atom stereocenters. The predicted molar refractivity (Wildman–Crippen MR) is 142 cm³/mol. The molecule has 6 nitrogen and oxygen atoms in total. The predicted octanol–water partition coefficient (Wildman–Crippen LogP) is 5.69. The Balaban J connectivity index is 1.67. The third-order valence-electron chi connectivity index (χ3n) is 6.67. The van der Waals surface area contributed by atoms with Crippen LogP contribution < -0.4 is 20.3 Å². The van der Waals surface area contributed by atoms with E-state index in [0.29, 0.717) is 40.3 Å². The van der Waals surface area contributed by atoms with Gasteiger partial charge in [0, 0.05) is 28.7 Å². The quantitative estimate of drug-likeness (QED) is 0.443. The van der Waals surface area contributed by atoms with Crippen LogP contribution in [-0.4, -0.2) is 35.3 Å². The summed E-state index contributed by atoms with van der Waals surface area (Å²) < 4.78 is 10.8. The molecule has 0 amide bonds. The lowest BCUT2D eigenvalue weighted by atomic mass is 9.94. The lowest BCUT2D eigenvalue weighted by Crippen LogP contribution is -2.44. The monoisotopic (exact) mass is 479 g/mol. The number of benzene rings is 2. The summed E-state index contributed by atoms with van der Waals surface area (Å²) in [6, 6.07) is 12.2. The van der Waals surface area contributed by atoms with Crippen LogP contribution in [0.1, 0.15) is 48.8 Å². The molecular weight excluding hydrogens is 446 g/mol. The van der Waals surface area contributed by atoms with E-state index in [1.807, 2.05) is 12.1 Å². The van der Waals surface area contributed by atoms with Crippen LogP contribution in [0.5, 0.6) is 11.5 Å². The summed E-state index contributed by atoms with van der Waals surface area (Å²) in [5.41, 5.74) is 4.64. The number of ether oxygens (including phenoxy) is 2. The fourth-order valence-electron chi connectivity index (χ4n) is 4.78. The average molecular weight is 480 g/mol. The maximum absolute atomic E-state index is 13.1. The Bertz CT molecular complexity index is 1250. The van der Waals surface area contributed by atoms with Gasteiger partial charge in [0.25, 0.3) is 5.56 Å². The van der Waals surface area contributed by atoms with Gasteiger partial charge in [-0.2, -0.15) is 0 Å². The smallest absolute Gasteiger partial charge is 0.253 e. The number of hydrogen-bond donors (Lipinski definition) is 2. The second-order valence-corrected chi connectivity index (χ2v) is 9.47. The molecule has 0 spiro atoms. The molecule has 1 saturated carbocycles. The van der Waals surface area contributed by atoms with Gasteiger partial charge in [0.05, 0.1) is 26.3 Å². The van der Waals surface area contributed by atoms with Crippen molar-refractivity contribution in [2.45, 2.75) is 58.5 Å². The summed E-state index contributed by atoms with van der Waals surface area (Å²) in [5.74, 6) is 1.21. The normalized spacial score (nSPS) is 14.1. The Morgan fingerprint density at radius 2 is 1.76 bits per heavy atom. The van der Waals surface area contributed by atoms with Crippen molar-refractivity contribution in [1.82, 2.24) is 9.88 Å². The van der Waals surface area contributed by atoms with E-state index in [1.165, 1.54) is 24.8 Å². The number of rotatable bonds is 6. The molecule has 0 atom stereocenters. The topological polar surface area (TPSA) is 66.6 Å². The van der Waals surface area contributed by atoms with Gasteiger partial charge in [-0.05, 0) is 62.7 Å². The molecule has 0 bridgehead atoms. The van der Waals surface area contributed by atoms with Gasteiger partial charge in [0.15, 0.2) is 16.6 Å². The maximum Gasteiger partial charge on any atom is 0.253 e. The molecule has 0 radical (unpaired) electrons. The van der Waals surface area contributed by atoms with Crippen molar-refractivity contribution >= 4 is 33.9 Å². The number of aromatic amines is 1. The van der Waals surface area contributed by atoms with Crippen molar-refractivity contribution in [1.29, 1.82) is 0 Å². The number of nitrogens with one attached hydrogen (secondary N) is 2. The van der Waals surface area contributed by atoms with Crippen LogP contribution >= 0.6 is 12.2 Å². The Morgan fingerprint density at radius 1 is 1.06 bits per heavy atom. The lowest BCUT2D eigenvalue weighted by Gasteiger charge is -2.36. The highest BCUT2D eigenvalue weighted by molar-refractivity contribution is 7.80. The number of fused-ring (bicyclic) bond motifs is 1. The molecule has 1 aliphatic carbocycles. The summed E-state index contributed by atoms with van der Waals surface area (Å²) in [6.45, 7) is 4.61. The summed E-state index contributed by atoms with van der Waals surface area (Å²) >= 11 is 5.91. The minimum atomic E-state index is -0.116. The van der Waals surface area contributed by atoms with Crippen molar-refractivity contribution in [2.75, 3.05) is 19.5 Å². The molecule has 180 valence electrons. The Hall–Kier alpha value is -3.06. The van der Waals surface area contributed by atoms with E-state index in [1.54, 1.807) is 20.3 Å². The van der Waals surface area contributed by atoms with Gasteiger partial charge in [-0.25, -0.2) is 0 Å². The molecule has 0 aliphatic heterocycles. The van der Waals surface area contributed by atoms with Crippen LogP contribution in [0.2, 0.25) is 0 Å². The second kappa shape index (κ2) is 10.5. The van der Waals surface area contributed by atoms with Crippen LogP contribution in [0, 0.1) is 13.8 Å². The zero-order valence-electron chi connectivity index (χ0n) is 20.4. The summed E-state index contributed by atoms with van der Waals surface area (Å²) in [5, 5.41) is 5.00. The third kappa shape index (κ3) is 5.20. The van der Waals surface area contributed by atoms with Crippen LogP contribution in [0.15, 0.2) is 41.2 Å². The number of H-pyrrole nitrogens is 1. The molecule has 2 aromatic carbocycles. The highest BCUT2D eigenvalue weighted by atomic mass is 32.1. The van der Waals surface area contributed by atoms with Crippen molar-refractivity contribution < 1.29 is 9.47 Å². The standard InChI is InChI=1S/C27H33N3O3S/c1-17-10-11-22(18(2)12-17)29-27(34)30(21-8-6-5-7-9-21)16-20-13-19-14-24(32-3)25(33-4)15-23(19)28-26(20)31/h10-15,21H,5-9,16H2,1-4H3,(H,28,31)(H,29,34). The summed E-state index contributed by atoms with van der Waals surface area (Å²) in [7, 11) is 3.19. The number of methoxy groups -OCH3 is 2. The molecule has 4 rings (SSSR count). The maximum atomic E-state index is 13.1. The molecule has 1 fully saturated rings. The first kappa shape index (κ1) is 24.1. The Kier molecular flexibility index (Phi) is 7.41. The number of hydrogen-bond acceptors (Lipinski definition) is 4. The van der Waals surface area contributed by atoms with Crippen LogP contribution in [0.25, 0.3) is 10.9 Å². The number of anilines is 1. The highest BCUT2D eigenvalue weighted by Gasteiger charge is 2.25. The summed E-state index contributed by atoms with van der Waals surface area (Å²) in [4.78, 5) is 18.3. The number of aryl methyl sites for hydroxylation is 2. The van der Waals surface area contributed by atoms with E-state index in [-0.39, 0.29) is 5.56 Å². The van der Waals surface area contributed by atoms with Crippen molar-refractivity contribution in [2.24, 2.45) is 0 Å². The van der Waals surface area contributed by atoms with E-state index < -0.39 is 0 Å². The molecule has 0 saturated heterocycles. The lowest BCUT2D eigenvalue weighted by molar-refractivity contribution is 0.240. The van der Waals surface area contributed by atoms with Gasteiger partial charge in [-0.3, -0.25) is 4.79 Å². The zero-order valence-corrected chi connectivity index (χ0v) is 21.2. The first-order valence-electron chi connectivity index (χ1n) is 11.8. The summed E-state index contributed by atoms with van der Waals surface area (Å²) in [6.07, 6.45) is 5.76. The number of pyridine rings is 1. The SMILES string of the molecule is COc1cc2cc(CN(C(=S)Nc3ccc(C)cc3C)C3CCCCC3)c(=O)[nH]c2cc1OC. The molecule has 7 heteroatoms. The molecule has 34 heavy (non-hydrogen) atoms. The van der Waals surface area contributed by atoms with Crippen LogP contribution in [0.4, 0.5) is 5.69 Å². The minimum Gasteiger partial charge on any atom is -0.493 e. The number of aromatic nitrogens is 1. The van der Waals surface area contributed by atoms with Crippen molar-refractivity contribution in [3.8, 4) is 11.5 Å². The second-order valence-electron chi connectivity index (χ2n) is 9.09. The molecule has 2 N–H and O–H groups in total.